The number of ether oxygens (including phenoxy) is 2. The van der Waals surface area contributed by atoms with E-state index in [1.807, 2.05) is 4.90 Å². The average Bonchev–Trinajstić information content (AvgIpc) is 3.37. The Morgan fingerprint density at radius 2 is 1.87 bits per heavy atom. The van der Waals surface area contributed by atoms with Crippen LogP contribution in [0.4, 0.5) is 10.0 Å². The van der Waals surface area contributed by atoms with Crippen LogP contribution in [0.1, 0.15) is 60.6 Å². The van der Waals surface area contributed by atoms with E-state index in [4.69, 9.17) is 20.2 Å². The number of carbonyl (C=O) groups is 1. The molecule has 1 saturated heterocycles. The number of amidine groups is 1. The molecular formula is C28H27N5O4S. The van der Waals surface area contributed by atoms with E-state index in [0.29, 0.717) is 47.1 Å². The molecule has 0 unspecified atom stereocenters. The molecule has 1 aliphatic carbocycles. The molecule has 0 radical (unpaired) electrons. The van der Waals surface area contributed by atoms with Crippen LogP contribution in [0.25, 0.3) is 0 Å². The molecule has 0 spiro atoms. The van der Waals surface area contributed by atoms with Crippen LogP contribution in [-0.4, -0.2) is 44.0 Å². The maximum absolute atomic E-state index is 13.6. The lowest BCUT2D eigenvalue weighted by Crippen LogP contribution is -2.40. The molecular weight excluding hydrogens is 502 g/mol. The molecule has 8 rings (SSSR count). The second kappa shape index (κ2) is 8.27. The number of piperidine rings is 1. The Bertz CT molecular complexity index is 1530. The van der Waals surface area contributed by atoms with Crippen LogP contribution in [0.2, 0.25) is 0 Å². The fourth-order valence-corrected chi connectivity index (χ4v) is 8.24. The summed E-state index contributed by atoms with van der Waals surface area (Å²) in [4.78, 5) is 23.0. The zero-order valence-corrected chi connectivity index (χ0v) is 22.0. The molecule has 1 fully saturated rings. The Hall–Kier alpha value is -3.97. The molecule has 2 aromatic rings. The third-order valence-corrected chi connectivity index (χ3v) is 9.72. The van der Waals surface area contributed by atoms with Gasteiger partial charge in [-0.2, -0.15) is 5.26 Å². The Balaban J connectivity index is 1.50. The van der Waals surface area contributed by atoms with Gasteiger partial charge in [0.15, 0.2) is 23.1 Å². The summed E-state index contributed by atoms with van der Waals surface area (Å²) in [6.07, 6.45) is 4.05. The van der Waals surface area contributed by atoms with Gasteiger partial charge in [-0.25, -0.2) is 4.99 Å². The minimum absolute atomic E-state index is 0.0169. The van der Waals surface area contributed by atoms with Crippen molar-refractivity contribution in [2.75, 3.05) is 37.1 Å². The van der Waals surface area contributed by atoms with Crippen molar-refractivity contribution in [1.29, 1.82) is 5.26 Å². The summed E-state index contributed by atoms with van der Waals surface area (Å²) in [5.74, 6) is 0.982. The van der Waals surface area contributed by atoms with Gasteiger partial charge in [-0.1, -0.05) is 11.3 Å². The van der Waals surface area contributed by atoms with Crippen LogP contribution in [0.15, 0.2) is 39.8 Å². The molecule has 0 amide bonds. The predicted octanol–water partition coefficient (Wildman–Crippen LogP) is 4.23. The molecule has 3 N–H and O–H groups in total. The summed E-state index contributed by atoms with van der Waals surface area (Å²) in [6.45, 7) is 2.08. The highest BCUT2D eigenvalue weighted by Crippen LogP contribution is 2.58. The minimum Gasteiger partial charge on any atom is -0.502 e. The van der Waals surface area contributed by atoms with Crippen molar-refractivity contribution in [3.63, 3.8) is 0 Å². The zero-order chi connectivity index (χ0) is 26.3. The third kappa shape index (κ3) is 2.96. The van der Waals surface area contributed by atoms with Gasteiger partial charge >= 0.3 is 0 Å². The number of benzene rings is 1. The first-order valence-electron chi connectivity index (χ1n) is 12.9. The van der Waals surface area contributed by atoms with Crippen LogP contribution in [-0.2, 0) is 4.79 Å². The van der Waals surface area contributed by atoms with Gasteiger partial charge in [0.25, 0.3) is 0 Å². The number of rotatable bonds is 3. The summed E-state index contributed by atoms with van der Waals surface area (Å²) in [5, 5.41) is 23.3. The Morgan fingerprint density at radius 3 is 2.53 bits per heavy atom. The summed E-state index contributed by atoms with van der Waals surface area (Å²) < 4.78 is 10.8. The molecule has 1 atom stereocenters. The highest BCUT2D eigenvalue weighted by molar-refractivity contribution is 7.21. The number of phenolic OH excluding ortho intramolecular Hbond substituents is 1. The van der Waals surface area contributed by atoms with Gasteiger partial charge in [-0.15, -0.1) is 0 Å². The van der Waals surface area contributed by atoms with Crippen LogP contribution < -0.4 is 25.0 Å². The summed E-state index contributed by atoms with van der Waals surface area (Å²) >= 11 is 1.70. The van der Waals surface area contributed by atoms with E-state index in [0.717, 1.165) is 48.6 Å². The smallest absolute Gasteiger partial charge is 0.200 e. The van der Waals surface area contributed by atoms with Crippen LogP contribution in [0.5, 0.6) is 17.2 Å². The number of aliphatic imine (C=N–C) groups is 1. The van der Waals surface area contributed by atoms with E-state index in [9.17, 15) is 15.2 Å². The van der Waals surface area contributed by atoms with E-state index in [-0.39, 0.29) is 23.0 Å². The van der Waals surface area contributed by atoms with Crippen molar-refractivity contribution in [1.82, 2.24) is 0 Å². The standard InChI is InChI=1S/C28H27N5O4S/c1-36-18-10-14(11-19(37-2)24(18)35)20-15(12-29)26-31-25(30)23-21-13-6-8-32(9-7-13)27(21)38-28(23)33(26)16-4-3-5-17(34)22(16)20/h10-11,13,20,35H,3-9H2,1-2H3,(H2,30,31)/t20-/m0/s1. The fourth-order valence-electron chi connectivity index (χ4n) is 6.77. The Morgan fingerprint density at radius 1 is 1.16 bits per heavy atom. The lowest BCUT2D eigenvalue weighted by atomic mass is 9.75. The molecule has 38 heavy (non-hydrogen) atoms. The monoisotopic (exact) mass is 529 g/mol. The number of thiophene rings is 1. The molecule has 10 heteroatoms. The van der Waals surface area contributed by atoms with Gasteiger partial charge in [0.1, 0.15) is 10.8 Å². The second-order valence-corrected chi connectivity index (χ2v) is 11.3. The molecule has 1 aromatic carbocycles. The number of hydrogen-bond acceptors (Lipinski definition) is 10. The first-order chi connectivity index (χ1) is 18.5. The quantitative estimate of drug-likeness (QED) is 0.605. The molecule has 194 valence electrons. The molecule has 6 heterocycles. The Kier molecular flexibility index (Phi) is 5.04. The highest BCUT2D eigenvalue weighted by Gasteiger charge is 2.47. The lowest BCUT2D eigenvalue weighted by molar-refractivity contribution is -0.116. The van der Waals surface area contributed by atoms with Crippen molar-refractivity contribution in [3.05, 3.63) is 51.5 Å². The number of Topliss-reactive ketones (excluding diaryl/α,β-unsaturated/α-hetero) is 1. The SMILES string of the molecule is COc1cc([C@H]2C(C#N)=C3N=C(N)c4c(sc5c4C4CCN5CC4)N3C3=C2C(=O)CCC3)cc(OC)c1O. The number of hydrogen-bond donors (Lipinski definition) is 2. The molecule has 2 bridgehead atoms. The van der Waals surface area contributed by atoms with Gasteiger partial charge in [0.2, 0.25) is 5.75 Å². The zero-order valence-electron chi connectivity index (χ0n) is 21.2. The van der Waals surface area contributed by atoms with Crippen molar-refractivity contribution < 1.29 is 19.4 Å². The first kappa shape index (κ1) is 23.2. The predicted molar refractivity (Wildman–Crippen MR) is 144 cm³/mol. The van der Waals surface area contributed by atoms with E-state index in [1.54, 1.807) is 23.5 Å². The lowest BCUT2D eigenvalue weighted by Gasteiger charge is -2.41. The van der Waals surface area contributed by atoms with Crippen LogP contribution in [0, 0.1) is 11.3 Å². The summed E-state index contributed by atoms with van der Waals surface area (Å²) in [5.41, 5.74) is 11.4. The summed E-state index contributed by atoms with van der Waals surface area (Å²) in [6, 6.07) is 5.71. The average molecular weight is 530 g/mol. The minimum atomic E-state index is -0.676. The Labute approximate surface area is 224 Å². The topological polar surface area (TPSA) is 124 Å². The molecule has 1 aromatic heterocycles. The molecule has 6 aliphatic rings. The van der Waals surface area contributed by atoms with E-state index >= 15 is 0 Å². The van der Waals surface area contributed by atoms with Gasteiger partial charge in [-0.05, 0) is 49.3 Å². The van der Waals surface area contributed by atoms with Gasteiger partial charge in [-0.3, -0.25) is 9.69 Å². The second-order valence-electron chi connectivity index (χ2n) is 10.3. The maximum Gasteiger partial charge on any atom is 0.200 e. The molecule has 5 aliphatic heterocycles. The highest BCUT2D eigenvalue weighted by atomic mass is 32.1. The number of aromatic hydroxyl groups is 1. The van der Waals surface area contributed by atoms with E-state index < -0.39 is 5.92 Å². The van der Waals surface area contributed by atoms with Crippen molar-refractivity contribution in [3.8, 4) is 23.3 Å². The normalized spacial score (nSPS) is 22.0. The number of phenols is 1. The third-order valence-electron chi connectivity index (χ3n) is 8.47. The number of ketones is 1. The largest absolute Gasteiger partial charge is 0.502 e. The molecule has 0 saturated carbocycles. The van der Waals surface area contributed by atoms with Gasteiger partial charge in [0, 0.05) is 36.3 Å². The van der Waals surface area contributed by atoms with E-state index in [2.05, 4.69) is 11.0 Å². The van der Waals surface area contributed by atoms with Crippen LogP contribution in [0.3, 0.4) is 0 Å². The number of nitriles is 1. The number of fused-ring (bicyclic) bond motifs is 6. The van der Waals surface area contributed by atoms with Crippen molar-refractivity contribution >= 4 is 33.0 Å². The first-order valence-corrected chi connectivity index (χ1v) is 13.7. The van der Waals surface area contributed by atoms with E-state index in [1.165, 1.54) is 24.8 Å². The number of nitrogens with two attached hydrogens (primary N) is 1. The van der Waals surface area contributed by atoms with Crippen LogP contribution >= 0.6 is 11.3 Å². The number of nitrogens with zero attached hydrogens (tertiary/aromatic N) is 4. The summed E-state index contributed by atoms with van der Waals surface area (Å²) in [7, 11) is 2.91. The number of methoxy groups -OCH3 is 2. The van der Waals surface area contributed by atoms with Crippen molar-refractivity contribution in [2.45, 2.75) is 43.9 Å². The van der Waals surface area contributed by atoms with Gasteiger partial charge < -0.3 is 25.2 Å². The maximum atomic E-state index is 13.6. The fraction of sp³-hybridized carbons (Fsp3) is 0.393. The number of allylic oxidation sites excluding steroid dienone is 3. The van der Waals surface area contributed by atoms with Gasteiger partial charge in [0.05, 0.1) is 42.3 Å². The van der Waals surface area contributed by atoms with Crippen molar-refractivity contribution in [2.24, 2.45) is 10.7 Å². The number of carbonyl (C=O) groups excluding carboxylic acids is 1. The molecule has 9 nitrogen and oxygen atoms in total. The number of anilines is 2.